The Bertz CT molecular complexity index is 1500. The Morgan fingerprint density at radius 2 is 1.13 bits per heavy atom. The van der Waals surface area contributed by atoms with Crippen molar-refractivity contribution < 1.29 is 9.53 Å². The molecule has 1 atom stereocenters. The van der Waals surface area contributed by atoms with Crippen molar-refractivity contribution >= 4 is 5.97 Å². The van der Waals surface area contributed by atoms with Crippen LogP contribution in [0.25, 0.3) is 0 Å². The molecule has 2 aliphatic carbocycles. The molecule has 0 heterocycles. The molecular formula is C50H74O2. The molecular weight excluding hydrogens is 633 g/mol. The van der Waals surface area contributed by atoms with Crippen molar-refractivity contribution in [3.8, 4) is 0 Å². The molecule has 2 rings (SSSR count). The summed E-state index contributed by atoms with van der Waals surface area (Å²) in [7, 11) is 0. The number of rotatable bonds is 19. The van der Waals surface area contributed by atoms with Gasteiger partial charge in [-0.15, -0.1) is 0 Å². The average Bonchev–Trinajstić information content (AvgIpc) is 3.05. The summed E-state index contributed by atoms with van der Waals surface area (Å²) in [4.78, 5) is 12.6. The summed E-state index contributed by atoms with van der Waals surface area (Å²) in [6.45, 7) is 24.6. The molecule has 0 aromatic carbocycles. The van der Waals surface area contributed by atoms with Crippen LogP contribution >= 0.6 is 0 Å². The van der Waals surface area contributed by atoms with Crippen LogP contribution in [0.2, 0.25) is 0 Å². The summed E-state index contributed by atoms with van der Waals surface area (Å²) in [6.07, 6.45) is 44.9. The molecule has 0 amide bonds. The second-order valence-corrected chi connectivity index (χ2v) is 16.8. The lowest BCUT2D eigenvalue weighted by Crippen LogP contribution is -2.31. The first kappa shape index (κ1) is 44.8. The van der Waals surface area contributed by atoms with Gasteiger partial charge in [-0.05, 0) is 95.6 Å². The Kier molecular flexibility index (Phi) is 20.1. The van der Waals surface area contributed by atoms with Crippen LogP contribution in [0.5, 0.6) is 0 Å². The summed E-state index contributed by atoms with van der Waals surface area (Å²) in [5.41, 5.74) is 10.8. The minimum absolute atomic E-state index is 0.0241. The van der Waals surface area contributed by atoms with Gasteiger partial charge in [0, 0.05) is 12.8 Å². The number of carbonyl (C=O) groups excluding carboxylic acids is 1. The third kappa shape index (κ3) is 17.4. The first-order valence-corrected chi connectivity index (χ1v) is 20.3. The number of hydrogen-bond acceptors (Lipinski definition) is 2. The van der Waals surface area contributed by atoms with Gasteiger partial charge in [-0.2, -0.15) is 0 Å². The number of ether oxygens (including phenoxy) is 1. The summed E-state index contributed by atoms with van der Waals surface area (Å²) in [6, 6.07) is 0. The number of esters is 1. The third-order valence-electron chi connectivity index (χ3n) is 10.6. The maximum Gasteiger partial charge on any atom is 0.306 e. The number of carbonyl (C=O) groups is 1. The van der Waals surface area contributed by atoms with Gasteiger partial charge in [0.05, 0.1) is 0 Å². The zero-order chi connectivity index (χ0) is 38.6. The maximum absolute atomic E-state index is 12.6. The normalized spacial score (nSPS) is 20.9. The second kappa shape index (κ2) is 23.3. The van der Waals surface area contributed by atoms with Gasteiger partial charge in [-0.3, -0.25) is 4.79 Å². The van der Waals surface area contributed by atoms with Crippen LogP contribution in [0, 0.1) is 10.8 Å². The van der Waals surface area contributed by atoms with Gasteiger partial charge < -0.3 is 4.74 Å². The van der Waals surface area contributed by atoms with Crippen molar-refractivity contribution in [1.82, 2.24) is 0 Å². The van der Waals surface area contributed by atoms with E-state index in [4.69, 9.17) is 4.74 Å². The van der Waals surface area contributed by atoms with Gasteiger partial charge in [0.25, 0.3) is 0 Å². The molecule has 2 heteroatoms. The lowest BCUT2D eigenvalue weighted by molar-refractivity contribution is -0.150. The molecule has 2 nitrogen and oxygen atoms in total. The van der Waals surface area contributed by atoms with Crippen molar-refractivity contribution in [3.05, 3.63) is 130 Å². The smallest absolute Gasteiger partial charge is 0.306 e. The number of hydrogen-bond donors (Lipinski definition) is 0. The van der Waals surface area contributed by atoms with Gasteiger partial charge in [0.15, 0.2) is 0 Å². The molecule has 286 valence electrons. The van der Waals surface area contributed by atoms with Crippen molar-refractivity contribution in [2.75, 3.05) is 0 Å². The Balaban J connectivity index is 1.85. The van der Waals surface area contributed by atoms with Crippen molar-refractivity contribution in [2.45, 2.75) is 166 Å². The SMILES string of the molecule is CCCCCCCCCC(=O)OC1CC(C)=C(C=CC(C)=CC=CC(C)=CC=CC=C(C)C=CC=C(C)C=CC2=C(C)CCCC2(C)C)C(C)(C)C1. The lowest BCUT2D eigenvalue weighted by Gasteiger charge is -2.37. The molecule has 2 aliphatic rings. The van der Waals surface area contributed by atoms with E-state index in [-0.39, 0.29) is 22.9 Å². The Morgan fingerprint density at radius 3 is 1.65 bits per heavy atom. The molecule has 0 aromatic heterocycles. The van der Waals surface area contributed by atoms with Crippen LogP contribution in [-0.4, -0.2) is 12.1 Å². The first-order chi connectivity index (χ1) is 24.6. The highest BCUT2D eigenvalue weighted by Gasteiger charge is 2.34. The summed E-state index contributed by atoms with van der Waals surface area (Å²) in [5.74, 6) is -0.0281. The second-order valence-electron chi connectivity index (χ2n) is 16.8. The van der Waals surface area contributed by atoms with E-state index in [1.807, 2.05) is 0 Å². The molecule has 0 aliphatic heterocycles. The van der Waals surface area contributed by atoms with E-state index in [0.29, 0.717) is 6.42 Å². The molecule has 1 unspecified atom stereocenters. The highest BCUT2D eigenvalue weighted by molar-refractivity contribution is 5.69. The zero-order valence-electron chi connectivity index (χ0n) is 35.2. The number of unbranched alkanes of at least 4 members (excludes halogenated alkanes) is 6. The van der Waals surface area contributed by atoms with Crippen LogP contribution in [0.1, 0.15) is 160 Å². The van der Waals surface area contributed by atoms with Crippen LogP contribution in [0.3, 0.4) is 0 Å². The Hall–Kier alpha value is -3.39. The first-order valence-electron chi connectivity index (χ1n) is 20.3. The van der Waals surface area contributed by atoms with Crippen LogP contribution in [0.4, 0.5) is 0 Å². The van der Waals surface area contributed by atoms with E-state index in [9.17, 15) is 4.79 Å². The predicted octanol–water partition coefficient (Wildman–Crippen LogP) is 15.3. The molecule has 0 saturated carbocycles. The van der Waals surface area contributed by atoms with Crippen molar-refractivity contribution in [1.29, 1.82) is 0 Å². The Morgan fingerprint density at radius 1 is 0.654 bits per heavy atom. The quantitative estimate of drug-likeness (QED) is 0.0759. The molecule has 0 bridgehead atoms. The fraction of sp³-hybridized carbons (Fsp3) is 0.540. The molecule has 0 aromatic rings. The Labute approximate surface area is 320 Å². The van der Waals surface area contributed by atoms with E-state index in [0.717, 1.165) is 25.7 Å². The lowest BCUT2D eigenvalue weighted by atomic mass is 9.71. The van der Waals surface area contributed by atoms with E-state index < -0.39 is 0 Å². The number of allylic oxidation sites excluding steroid dienone is 21. The fourth-order valence-electron chi connectivity index (χ4n) is 7.48. The maximum atomic E-state index is 12.6. The minimum Gasteiger partial charge on any atom is -0.462 e. The van der Waals surface area contributed by atoms with Crippen molar-refractivity contribution in [2.24, 2.45) is 10.8 Å². The largest absolute Gasteiger partial charge is 0.462 e. The van der Waals surface area contributed by atoms with Crippen LogP contribution in [0.15, 0.2) is 130 Å². The van der Waals surface area contributed by atoms with Crippen LogP contribution in [-0.2, 0) is 9.53 Å². The average molecular weight is 707 g/mol. The van der Waals surface area contributed by atoms with Crippen molar-refractivity contribution in [3.63, 3.8) is 0 Å². The summed E-state index contributed by atoms with van der Waals surface area (Å²) < 4.78 is 5.95. The third-order valence-corrected chi connectivity index (χ3v) is 10.6. The summed E-state index contributed by atoms with van der Waals surface area (Å²) >= 11 is 0. The predicted molar refractivity (Wildman–Crippen MR) is 229 cm³/mol. The zero-order valence-corrected chi connectivity index (χ0v) is 35.2. The van der Waals surface area contributed by atoms with E-state index in [2.05, 4.69) is 161 Å². The van der Waals surface area contributed by atoms with Gasteiger partial charge in [-0.25, -0.2) is 0 Å². The van der Waals surface area contributed by atoms with Crippen LogP contribution < -0.4 is 0 Å². The highest BCUT2D eigenvalue weighted by Crippen LogP contribution is 2.43. The standard InChI is InChI=1S/C50H74O2/c1-12-13-14-15-16-17-18-31-48(51)52-45-37-44(7)47(50(10,11)38-45)35-33-42(5)29-22-27-40(3)25-20-19-24-39(2)26-21-28-41(4)32-34-46-43(6)30-23-36-49(46,8)9/h19-22,24-29,32-35,45H,12-18,23,30-31,36-38H2,1-11H3. The molecule has 0 saturated heterocycles. The molecule has 0 radical (unpaired) electrons. The van der Waals surface area contributed by atoms with Gasteiger partial charge in [0.1, 0.15) is 6.10 Å². The van der Waals surface area contributed by atoms with E-state index >= 15 is 0 Å². The van der Waals surface area contributed by atoms with Gasteiger partial charge >= 0.3 is 5.97 Å². The molecule has 0 fully saturated rings. The molecule has 0 N–H and O–H groups in total. The summed E-state index contributed by atoms with van der Waals surface area (Å²) in [5, 5.41) is 0. The van der Waals surface area contributed by atoms with Gasteiger partial charge in [0.2, 0.25) is 0 Å². The van der Waals surface area contributed by atoms with E-state index in [1.165, 1.54) is 96.0 Å². The van der Waals surface area contributed by atoms with Gasteiger partial charge in [-0.1, -0.05) is 192 Å². The monoisotopic (exact) mass is 707 g/mol. The highest BCUT2D eigenvalue weighted by atomic mass is 16.5. The van der Waals surface area contributed by atoms with E-state index in [1.54, 1.807) is 0 Å². The minimum atomic E-state index is -0.0380. The molecule has 0 spiro atoms. The fourth-order valence-corrected chi connectivity index (χ4v) is 7.48. The topological polar surface area (TPSA) is 26.3 Å². The molecule has 52 heavy (non-hydrogen) atoms.